The number of hydrogen-bond acceptors (Lipinski definition) is 3. The summed E-state index contributed by atoms with van der Waals surface area (Å²) in [6.07, 6.45) is 5.73. The molecule has 0 aromatic rings. The van der Waals surface area contributed by atoms with E-state index in [1.165, 1.54) is 25.7 Å². The van der Waals surface area contributed by atoms with Gasteiger partial charge in [-0.05, 0) is 18.8 Å². The summed E-state index contributed by atoms with van der Waals surface area (Å²) < 4.78 is 11.0. The Morgan fingerprint density at radius 3 is 2.50 bits per heavy atom. The van der Waals surface area contributed by atoms with Gasteiger partial charge in [-0.3, -0.25) is 0 Å². The van der Waals surface area contributed by atoms with Crippen LogP contribution < -0.4 is 5.32 Å². The quantitative estimate of drug-likeness (QED) is 0.647. The van der Waals surface area contributed by atoms with Gasteiger partial charge in [-0.1, -0.05) is 26.7 Å². The van der Waals surface area contributed by atoms with Crippen LogP contribution in [0.1, 0.15) is 39.5 Å². The maximum atomic E-state index is 5.81. The molecule has 0 aromatic carbocycles. The number of rotatable bonds is 8. The summed E-state index contributed by atoms with van der Waals surface area (Å²) in [5.74, 6) is 0.603. The second-order valence-corrected chi connectivity index (χ2v) is 5.04. The van der Waals surface area contributed by atoms with E-state index in [-0.39, 0.29) is 0 Å². The molecule has 0 saturated heterocycles. The van der Waals surface area contributed by atoms with Gasteiger partial charge in [0.05, 0.1) is 19.3 Å². The zero-order valence-corrected chi connectivity index (χ0v) is 11.0. The lowest BCUT2D eigenvalue weighted by atomic mass is 10.1. The minimum atomic E-state index is 0.442. The first-order chi connectivity index (χ1) is 7.74. The maximum Gasteiger partial charge on any atom is 0.0618 e. The summed E-state index contributed by atoms with van der Waals surface area (Å²) in [5, 5.41) is 3.49. The Kier molecular flexibility index (Phi) is 7.01. The predicted molar refractivity (Wildman–Crippen MR) is 66.7 cm³/mol. The molecule has 3 nitrogen and oxygen atoms in total. The smallest absolute Gasteiger partial charge is 0.0618 e. The van der Waals surface area contributed by atoms with Crippen molar-refractivity contribution in [1.29, 1.82) is 0 Å². The van der Waals surface area contributed by atoms with Crippen molar-refractivity contribution in [2.24, 2.45) is 5.92 Å². The van der Waals surface area contributed by atoms with Crippen LogP contribution in [0.15, 0.2) is 0 Å². The van der Waals surface area contributed by atoms with Crippen LogP contribution in [-0.2, 0) is 9.47 Å². The molecule has 0 heterocycles. The van der Waals surface area contributed by atoms with Crippen LogP contribution in [0.2, 0.25) is 0 Å². The zero-order valence-electron chi connectivity index (χ0n) is 11.0. The molecular weight excluding hydrogens is 202 g/mol. The van der Waals surface area contributed by atoms with Crippen molar-refractivity contribution >= 4 is 0 Å². The van der Waals surface area contributed by atoms with E-state index in [2.05, 4.69) is 19.2 Å². The highest BCUT2D eigenvalue weighted by Gasteiger charge is 2.15. The molecule has 1 rings (SSSR count). The molecule has 1 N–H and O–H groups in total. The molecule has 0 aromatic heterocycles. The first kappa shape index (κ1) is 13.9. The molecule has 1 aliphatic rings. The molecule has 16 heavy (non-hydrogen) atoms. The van der Waals surface area contributed by atoms with Gasteiger partial charge in [0.15, 0.2) is 0 Å². The summed E-state index contributed by atoms with van der Waals surface area (Å²) >= 11 is 0. The van der Waals surface area contributed by atoms with Gasteiger partial charge in [-0.25, -0.2) is 0 Å². The van der Waals surface area contributed by atoms with Crippen molar-refractivity contribution in [3.05, 3.63) is 0 Å². The van der Waals surface area contributed by atoms with E-state index in [9.17, 15) is 0 Å². The molecule has 0 aliphatic heterocycles. The van der Waals surface area contributed by atoms with Crippen LogP contribution in [-0.4, -0.2) is 39.0 Å². The van der Waals surface area contributed by atoms with E-state index in [1.807, 2.05) is 0 Å². The Bertz CT molecular complexity index is 167. The first-order valence-electron chi connectivity index (χ1n) is 6.58. The highest BCUT2D eigenvalue weighted by Crippen LogP contribution is 2.20. The fraction of sp³-hybridized carbons (Fsp3) is 1.00. The monoisotopic (exact) mass is 229 g/mol. The van der Waals surface area contributed by atoms with Crippen LogP contribution in [0, 0.1) is 5.92 Å². The maximum absolute atomic E-state index is 5.81. The summed E-state index contributed by atoms with van der Waals surface area (Å²) in [6.45, 7) is 6.98. The van der Waals surface area contributed by atoms with E-state index in [4.69, 9.17) is 9.47 Å². The van der Waals surface area contributed by atoms with Crippen LogP contribution in [0.3, 0.4) is 0 Å². The third-order valence-corrected chi connectivity index (χ3v) is 3.32. The SMILES string of the molecule is COCC(NCCOC1CCCC1)C(C)C. The number of hydrogen-bond donors (Lipinski definition) is 1. The molecule has 1 unspecified atom stereocenters. The first-order valence-corrected chi connectivity index (χ1v) is 6.58. The molecule has 0 amide bonds. The molecule has 96 valence electrons. The Morgan fingerprint density at radius 1 is 1.25 bits per heavy atom. The predicted octanol–water partition coefficient (Wildman–Crippen LogP) is 2.21. The van der Waals surface area contributed by atoms with Crippen LogP contribution in [0.4, 0.5) is 0 Å². The van der Waals surface area contributed by atoms with E-state index >= 15 is 0 Å². The second kappa shape index (κ2) is 8.04. The lowest BCUT2D eigenvalue weighted by Crippen LogP contribution is -2.39. The fourth-order valence-electron chi connectivity index (χ4n) is 2.19. The molecule has 1 atom stereocenters. The molecular formula is C13H27NO2. The Morgan fingerprint density at radius 2 is 1.94 bits per heavy atom. The molecule has 0 radical (unpaired) electrons. The molecule has 1 saturated carbocycles. The average Bonchev–Trinajstić information content (AvgIpc) is 2.75. The van der Waals surface area contributed by atoms with Crippen molar-refractivity contribution in [2.45, 2.75) is 51.7 Å². The average molecular weight is 229 g/mol. The lowest BCUT2D eigenvalue weighted by Gasteiger charge is -2.22. The molecule has 1 aliphatic carbocycles. The Hall–Kier alpha value is -0.120. The molecule has 1 fully saturated rings. The summed E-state index contributed by atoms with van der Waals surface area (Å²) in [5.41, 5.74) is 0. The highest BCUT2D eigenvalue weighted by atomic mass is 16.5. The topological polar surface area (TPSA) is 30.5 Å². The highest BCUT2D eigenvalue weighted by molar-refractivity contribution is 4.70. The largest absolute Gasteiger partial charge is 0.383 e. The van der Waals surface area contributed by atoms with E-state index < -0.39 is 0 Å². The van der Waals surface area contributed by atoms with Gasteiger partial charge in [0, 0.05) is 19.7 Å². The fourth-order valence-corrected chi connectivity index (χ4v) is 2.19. The third kappa shape index (κ3) is 5.28. The van der Waals surface area contributed by atoms with Gasteiger partial charge in [0.1, 0.15) is 0 Å². The third-order valence-electron chi connectivity index (χ3n) is 3.32. The number of methoxy groups -OCH3 is 1. The normalized spacial score (nSPS) is 19.5. The minimum Gasteiger partial charge on any atom is -0.383 e. The van der Waals surface area contributed by atoms with Crippen molar-refractivity contribution < 1.29 is 9.47 Å². The summed E-state index contributed by atoms with van der Waals surface area (Å²) in [4.78, 5) is 0. The minimum absolute atomic E-state index is 0.442. The molecule has 0 bridgehead atoms. The van der Waals surface area contributed by atoms with Crippen molar-refractivity contribution in [3.8, 4) is 0 Å². The second-order valence-electron chi connectivity index (χ2n) is 5.04. The van der Waals surface area contributed by atoms with Crippen molar-refractivity contribution in [3.63, 3.8) is 0 Å². The van der Waals surface area contributed by atoms with E-state index in [1.54, 1.807) is 7.11 Å². The van der Waals surface area contributed by atoms with Crippen LogP contribution in [0.25, 0.3) is 0 Å². The van der Waals surface area contributed by atoms with Gasteiger partial charge in [0.25, 0.3) is 0 Å². The van der Waals surface area contributed by atoms with Crippen LogP contribution >= 0.6 is 0 Å². The standard InChI is InChI=1S/C13H27NO2/c1-11(2)13(10-15-3)14-8-9-16-12-6-4-5-7-12/h11-14H,4-10H2,1-3H3. The zero-order chi connectivity index (χ0) is 11.8. The van der Waals surface area contributed by atoms with Crippen molar-refractivity contribution in [1.82, 2.24) is 5.32 Å². The van der Waals surface area contributed by atoms with Gasteiger partial charge in [0.2, 0.25) is 0 Å². The van der Waals surface area contributed by atoms with Crippen LogP contribution in [0.5, 0.6) is 0 Å². The van der Waals surface area contributed by atoms with E-state index in [0.29, 0.717) is 18.1 Å². The van der Waals surface area contributed by atoms with E-state index in [0.717, 1.165) is 19.8 Å². The summed E-state index contributed by atoms with van der Waals surface area (Å²) in [6, 6.07) is 0.442. The van der Waals surface area contributed by atoms with Crippen molar-refractivity contribution in [2.75, 3.05) is 26.9 Å². The van der Waals surface area contributed by atoms with Gasteiger partial charge >= 0.3 is 0 Å². The van der Waals surface area contributed by atoms with Gasteiger partial charge < -0.3 is 14.8 Å². The Balaban J connectivity index is 2.03. The lowest BCUT2D eigenvalue weighted by molar-refractivity contribution is 0.0552. The Labute approximate surface area is 99.9 Å². The number of nitrogens with one attached hydrogen (secondary N) is 1. The summed E-state index contributed by atoms with van der Waals surface area (Å²) in [7, 11) is 1.76. The van der Waals surface area contributed by atoms with Gasteiger partial charge in [-0.15, -0.1) is 0 Å². The van der Waals surface area contributed by atoms with Gasteiger partial charge in [-0.2, -0.15) is 0 Å². The molecule has 0 spiro atoms. The number of ether oxygens (including phenoxy) is 2. The molecule has 3 heteroatoms.